The summed E-state index contributed by atoms with van der Waals surface area (Å²) in [5, 5.41) is 23.0. The summed E-state index contributed by atoms with van der Waals surface area (Å²) in [7, 11) is 0. The van der Waals surface area contributed by atoms with Crippen molar-refractivity contribution in [2.75, 3.05) is 18.4 Å². The summed E-state index contributed by atoms with van der Waals surface area (Å²) < 4.78 is 0. The van der Waals surface area contributed by atoms with Gasteiger partial charge in [-0.15, -0.1) is 0 Å². The summed E-state index contributed by atoms with van der Waals surface area (Å²) in [5.74, 6) is -1.31. The van der Waals surface area contributed by atoms with E-state index in [0.717, 1.165) is 26.8 Å². The van der Waals surface area contributed by atoms with Crippen LogP contribution in [0.3, 0.4) is 0 Å². The molecule has 43 heavy (non-hydrogen) atoms. The van der Waals surface area contributed by atoms with Gasteiger partial charge in [0.05, 0.1) is 23.9 Å². The molecule has 1 fully saturated rings. The number of Topliss-reactive ketones (excluding diaryl/α,β-unsaturated/α-hetero) is 1. The third kappa shape index (κ3) is 6.70. The zero-order chi connectivity index (χ0) is 30.2. The van der Waals surface area contributed by atoms with Crippen LogP contribution in [0.15, 0.2) is 103 Å². The predicted octanol–water partition coefficient (Wildman–Crippen LogP) is 4.53. The number of amides is 3. The Labute approximate surface area is 249 Å². The molecule has 0 radical (unpaired) electrons. The molecule has 1 saturated heterocycles. The molecule has 4 aromatic rings. The molecule has 10 heteroatoms. The van der Waals surface area contributed by atoms with Gasteiger partial charge in [-0.25, -0.2) is 4.79 Å². The third-order valence-electron chi connectivity index (χ3n) is 7.71. The molecule has 10 nitrogen and oxygen atoms in total. The Morgan fingerprint density at radius 3 is 2.26 bits per heavy atom. The normalized spacial score (nSPS) is 16.9. The zero-order valence-electron chi connectivity index (χ0n) is 23.6. The number of nitrogens with zero attached hydrogens (tertiary/aromatic N) is 2. The minimum absolute atomic E-state index is 0.0228. The van der Waals surface area contributed by atoms with Crippen LogP contribution in [0.4, 0.5) is 10.5 Å². The summed E-state index contributed by atoms with van der Waals surface area (Å²) in [6.45, 7) is 0.404. The molecule has 3 N–H and O–H groups in total. The van der Waals surface area contributed by atoms with Crippen molar-refractivity contribution in [3.8, 4) is 0 Å². The van der Waals surface area contributed by atoms with Gasteiger partial charge in [0.15, 0.2) is 5.78 Å². The highest BCUT2D eigenvalue weighted by molar-refractivity contribution is 5.98. The molecule has 5 rings (SSSR count). The Kier molecular flexibility index (Phi) is 9.07. The fraction of sp³-hybridized carbons (Fsp3) is 0.242. The number of benzene rings is 4. The van der Waals surface area contributed by atoms with Crippen LogP contribution < -0.4 is 16.0 Å². The van der Waals surface area contributed by atoms with Crippen molar-refractivity contribution in [3.05, 3.63) is 124 Å². The Morgan fingerprint density at radius 2 is 1.53 bits per heavy atom. The SMILES string of the molecule is O=C(CNCc1ccccc1)[C@H](Cc1ccc2ccccc2c1)NC(=O)[C@@]1([N+](=O)[O-])CCCN1C(=O)Nc1ccccc1. The number of rotatable bonds is 11. The standard InChI is InChI=1S/C33H33N5O5/c39-30(23-34-22-24-10-3-1-4-11-24)29(21-25-16-17-26-12-7-8-13-27(26)20-25)36-31(40)33(38(42)43)18-9-19-37(33)32(41)35-28-14-5-2-6-15-28/h1-8,10-17,20,29,34H,9,18-19,21-23H2,(H,35,41)(H,36,40)/t29-,33-/m0/s1. The highest BCUT2D eigenvalue weighted by Gasteiger charge is 2.61. The van der Waals surface area contributed by atoms with Crippen LogP contribution >= 0.6 is 0 Å². The molecule has 4 aromatic carbocycles. The number of likely N-dealkylation sites (tertiary alicyclic amines) is 1. The van der Waals surface area contributed by atoms with Crippen molar-refractivity contribution in [2.24, 2.45) is 0 Å². The van der Waals surface area contributed by atoms with Crippen molar-refractivity contribution < 1.29 is 19.3 Å². The molecule has 3 amide bonds. The van der Waals surface area contributed by atoms with Crippen molar-refractivity contribution in [3.63, 3.8) is 0 Å². The maximum atomic E-state index is 13.8. The highest BCUT2D eigenvalue weighted by Crippen LogP contribution is 2.31. The number of nitro groups is 1. The Morgan fingerprint density at radius 1 is 0.860 bits per heavy atom. The van der Waals surface area contributed by atoms with E-state index in [2.05, 4.69) is 16.0 Å². The fourth-order valence-corrected chi connectivity index (χ4v) is 5.46. The van der Waals surface area contributed by atoms with Gasteiger partial charge in [0.2, 0.25) is 0 Å². The summed E-state index contributed by atoms with van der Waals surface area (Å²) in [6.07, 6.45) is 0.224. The van der Waals surface area contributed by atoms with Gasteiger partial charge in [-0.3, -0.25) is 24.6 Å². The summed E-state index contributed by atoms with van der Waals surface area (Å²) in [6, 6.07) is 29.8. The van der Waals surface area contributed by atoms with Gasteiger partial charge < -0.3 is 16.0 Å². The van der Waals surface area contributed by atoms with Crippen LogP contribution in [0.2, 0.25) is 0 Å². The highest BCUT2D eigenvalue weighted by atomic mass is 16.6. The molecule has 1 aliphatic rings. The number of hydrogen-bond donors (Lipinski definition) is 3. The Balaban J connectivity index is 1.37. The van der Waals surface area contributed by atoms with E-state index in [1.807, 2.05) is 72.8 Å². The van der Waals surface area contributed by atoms with Crippen LogP contribution in [0, 0.1) is 10.1 Å². The lowest BCUT2D eigenvalue weighted by Crippen LogP contribution is -2.65. The van der Waals surface area contributed by atoms with Crippen LogP contribution in [0.5, 0.6) is 0 Å². The second kappa shape index (κ2) is 13.3. The van der Waals surface area contributed by atoms with Crippen LogP contribution in [0.25, 0.3) is 10.8 Å². The van der Waals surface area contributed by atoms with E-state index in [4.69, 9.17) is 0 Å². The Bertz CT molecular complexity index is 1610. The van der Waals surface area contributed by atoms with Crippen molar-refractivity contribution >= 4 is 34.2 Å². The van der Waals surface area contributed by atoms with Gasteiger partial charge in [-0.05, 0) is 46.9 Å². The number of carbonyl (C=O) groups excluding carboxylic acids is 3. The number of hydrogen-bond acceptors (Lipinski definition) is 6. The number of fused-ring (bicyclic) bond motifs is 1. The number of para-hydroxylation sites is 1. The molecule has 1 heterocycles. The average molecular weight is 580 g/mol. The number of anilines is 1. The van der Waals surface area contributed by atoms with E-state index in [-0.39, 0.29) is 38.1 Å². The number of urea groups is 1. The first kappa shape index (κ1) is 29.4. The largest absolute Gasteiger partial charge is 0.377 e. The lowest BCUT2D eigenvalue weighted by molar-refractivity contribution is -0.572. The van der Waals surface area contributed by atoms with Crippen molar-refractivity contribution in [1.29, 1.82) is 0 Å². The Hall–Kier alpha value is -5.09. The molecule has 0 unspecified atom stereocenters. The molecule has 1 aliphatic heterocycles. The molecule has 2 atom stereocenters. The minimum atomic E-state index is -2.35. The molecule has 220 valence electrons. The number of nitrogens with one attached hydrogen (secondary N) is 3. The van der Waals surface area contributed by atoms with E-state index < -0.39 is 28.6 Å². The summed E-state index contributed by atoms with van der Waals surface area (Å²) in [4.78, 5) is 53.4. The lowest BCUT2D eigenvalue weighted by atomic mass is 9.98. The van der Waals surface area contributed by atoms with E-state index in [1.54, 1.807) is 30.3 Å². The molecule has 0 saturated carbocycles. The second-order valence-electron chi connectivity index (χ2n) is 10.6. The lowest BCUT2D eigenvalue weighted by Gasteiger charge is -2.30. The van der Waals surface area contributed by atoms with Crippen molar-refractivity contribution in [1.82, 2.24) is 15.5 Å². The van der Waals surface area contributed by atoms with E-state index in [9.17, 15) is 24.5 Å². The fourth-order valence-electron chi connectivity index (χ4n) is 5.46. The molecular weight excluding hydrogens is 546 g/mol. The molecule has 0 aliphatic carbocycles. The predicted molar refractivity (Wildman–Crippen MR) is 164 cm³/mol. The van der Waals surface area contributed by atoms with Crippen LogP contribution in [0.1, 0.15) is 24.0 Å². The number of carbonyl (C=O) groups is 3. The van der Waals surface area contributed by atoms with Gasteiger partial charge in [0.25, 0.3) is 0 Å². The monoisotopic (exact) mass is 579 g/mol. The van der Waals surface area contributed by atoms with Crippen molar-refractivity contribution in [2.45, 2.75) is 37.5 Å². The minimum Gasteiger partial charge on any atom is -0.338 e. The van der Waals surface area contributed by atoms with Gasteiger partial charge in [-0.2, -0.15) is 0 Å². The second-order valence-corrected chi connectivity index (χ2v) is 10.6. The topological polar surface area (TPSA) is 134 Å². The molecular formula is C33H33N5O5. The first-order valence-corrected chi connectivity index (χ1v) is 14.2. The smallest absolute Gasteiger partial charge is 0.338 e. The van der Waals surface area contributed by atoms with Gasteiger partial charge in [0.1, 0.15) is 0 Å². The summed E-state index contributed by atoms with van der Waals surface area (Å²) >= 11 is 0. The van der Waals surface area contributed by atoms with Crippen LogP contribution in [-0.2, 0) is 22.6 Å². The van der Waals surface area contributed by atoms with Gasteiger partial charge in [-0.1, -0.05) is 91.0 Å². The molecule has 0 spiro atoms. The first-order valence-electron chi connectivity index (χ1n) is 14.2. The molecule has 0 bridgehead atoms. The third-order valence-corrected chi connectivity index (χ3v) is 7.71. The van der Waals surface area contributed by atoms with Gasteiger partial charge >= 0.3 is 17.6 Å². The van der Waals surface area contributed by atoms with Gasteiger partial charge in [0, 0.05) is 18.8 Å². The van der Waals surface area contributed by atoms with E-state index >= 15 is 0 Å². The summed E-state index contributed by atoms with van der Waals surface area (Å²) in [5.41, 5.74) is -0.117. The number of ketones is 1. The van der Waals surface area contributed by atoms with Crippen LogP contribution in [-0.4, -0.2) is 52.3 Å². The maximum Gasteiger partial charge on any atom is 0.377 e. The quantitative estimate of drug-likeness (QED) is 0.177. The van der Waals surface area contributed by atoms with E-state index in [0.29, 0.717) is 12.2 Å². The zero-order valence-corrected chi connectivity index (χ0v) is 23.6. The van der Waals surface area contributed by atoms with E-state index in [1.165, 1.54) is 0 Å². The molecule has 0 aromatic heterocycles. The maximum absolute atomic E-state index is 13.8. The average Bonchev–Trinajstić information content (AvgIpc) is 3.49. The first-order chi connectivity index (χ1) is 20.9.